The Morgan fingerprint density at radius 2 is 1.74 bits per heavy atom. The maximum absolute atomic E-state index is 13.7. The highest BCUT2D eigenvalue weighted by Crippen LogP contribution is 2.36. The fourth-order valence-electron chi connectivity index (χ4n) is 4.76. The lowest BCUT2D eigenvalue weighted by Crippen LogP contribution is -2.25. The maximum Gasteiger partial charge on any atom is 0.314 e. The van der Waals surface area contributed by atoms with Crippen LogP contribution in [0.3, 0.4) is 0 Å². The van der Waals surface area contributed by atoms with Gasteiger partial charge in [0.2, 0.25) is 0 Å². The standard InChI is InChI=1S/C29H37FN2O2/c1-2-3-4-5-6-7-8-9-10-22-11-18-28(32-21-22)23-12-14-24(15-13-23)29(33)34-26-17-16-25(20-31)27(30)19-26/h11,16-19,21,23-24H,2-10,12-15H2,1H3. The Labute approximate surface area is 203 Å². The van der Waals surface area contributed by atoms with E-state index in [0.29, 0.717) is 5.92 Å². The van der Waals surface area contributed by atoms with E-state index in [-0.39, 0.29) is 23.2 Å². The zero-order valence-corrected chi connectivity index (χ0v) is 20.4. The first-order valence-corrected chi connectivity index (χ1v) is 13.0. The van der Waals surface area contributed by atoms with Crippen molar-refractivity contribution in [2.24, 2.45) is 5.92 Å². The number of rotatable bonds is 12. The number of unbranched alkanes of at least 4 members (excludes halogenated alkanes) is 7. The molecule has 2 aromatic rings. The molecular weight excluding hydrogens is 427 g/mol. The van der Waals surface area contributed by atoms with E-state index in [1.165, 1.54) is 69.1 Å². The number of nitrogens with zero attached hydrogens (tertiary/aromatic N) is 2. The minimum atomic E-state index is -0.673. The van der Waals surface area contributed by atoms with Crippen molar-refractivity contribution in [1.29, 1.82) is 5.26 Å². The predicted octanol–water partition coefficient (Wildman–Crippen LogP) is 7.65. The number of pyridine rings is 1. The van der Waals surface area contributed by atoms with E-state index in [4.69, 9.17) is 15.0 Å². The summed E-state index contributed by atoms with van der Waals surface area (Å²) in [4.78, 5) is 17.2. The van der Waals surface area contributed by atoms with Gasteiger partial charge in [-0.1, -0.05) is 57.9 Å². The number of benzene rings is 1. The molecule has 0 spiro atoms. The third-order valence-corrected chi connectivity index (χ3v) is 6.92. The lowest BCUT2D eigenvalue weighted by Gasteiger charge is -2.27. The van der Waals surface area contributed by atoms with Gasteiger partial charge in [0.05, 0.1) is 11.5 Å². The van der Waals surface area contributed by atoms with Crippen LogP contribution in [-0.2, 0) is 11.2 Å². The Balaban J connectivity index is 1.37. The van der Waals surface area contributed by atoms with Crippen LogP contribution in [-0.4, -0.2) is 11.0 Å². The quantitative estimate of drug-likeness (QED) is 0.184. The average molecular weight is 465 g/mol. The summed E-state index contributed by atoms with van der Waals surface area (Å²) in [6.45, 7) is 2.26. The number of carbonyl (C=O) groups excluding carboxylic acids is 1. The van der Waals surface area contributed by atoms with Gasteiger partial charge >= 0.3 is 5.97 Å². The number of esters is 1. The third-order valence-electron chi connectivity index (χ3n) is 6.92. The molecule has 0 N–H and O–H groups in total. The molecule has 0 unspecified atom stereocenters. The van der Waals surface area contributed by atoms with Gasteiger partial charge in [0, 0.05) is 23.9 Å². The Morgan fingerprint density at radius 3 is 2.35 bits per heavy atom. The number of hydrogen-bond donors (Lipinski definition) is 0. The van der Waals surface area contributed by atoms with Gasteiger partial charge < -0.3 is 4.74 Å². The molecule has 4 nitrogen and oxygen atoms in total. The van der Waals surface area contributed by atoms with Gasteiger partial charge in [0.25, 0.3) is 0 Å². The molecule has 1 heterocycles. The van der Waals surface area contributed by atoms with E-state index < -0.39 is 5.82 Å². The number of hydrogen-bond acceptors (Lipinski definition) is 4. The molecule has 0 radical (unpaired) electrons. The van der Waals surface area contributed by atoms with Crippen molar-refractivity contribution in [3.05, 3.63) is 59.2 Å². The van der Waals surface area contributed by atoms with Crippen LogP contribution in [0.5, 0.6) is 5.75 Å². The number of carbonyl (C=O) groups is 1. The number of ether oxygens (including phenoxy) is 1. The molecule has 1 aromatic heterocycles. The lowest BCUT2D eigenvalue weighted by molar-refractivity contribution is -0.140. The van der Waals surface area contributed by atoms with E-state index in [2.05, 4.69) is 19.1 Å². The number of aromatic nitrogens is 1. The number of halogens is 1. The van der Waals surface area contributed by atoms with E-state index in [1.807, 2.05) is 6.20 Å². The van der Waals surface area contributed by atoms with Crippen molar-refractivity contribution in [2.75, 3.05) is 0 Å². The second-order valence-electron chi connectivity index (χ2n) is 9.54. The molecule has 34 heavy (non-hydrogen) atoms. The molecule has 1 aliphatic rings. The first kappa shape index (κ1) is 25.9. The fourth-order valence-corrected chi connectivity index (χ4v) is 4.76. The molecular formula is C29H37FN2O2. The monoisotopic (exact) mass is 464 g/mol. The van der Waals surface area contributed by atoms with E-state index in [1.54, 1.807) is 6.07 Å². The van der Waals surface area contributed by atoms with Crippen molar-refractivity contribution in [3.63, 3.8) is 0 Å². The summed E-state index contributed by atoms with van der Waals surface area (Å²) in [5.41, 5.74) is 2.36. The van der Waals surface area contributed by atoms with Crippen LogP contribution in [0.4, 0.5) is 4.39 Å². The first-order valence-electron chi connectivity index (χ1n) is 13.0. The minimum absolute atomic E-state index is 0.0587. The topological polar surface area (TPSA) is 63.0 Å². The molecule has 5 heteroatoms. The van der Waals surface area contributed by atoms with E-state index >= 15 is 0 Å². The van der Waals surface area contributed by atoms with Crippen LogP contribution < -0.4 is 4.74 Å². The summed E-state index contributed by atoms with van der Waals surface area (Å²) in [7, 11) is 0. The van der Waals surface area contributed by atoms with E-state index in [9.17, 15) is 9.18 Å². The summed E-state index contributed by atoms with van der Waals surface area (Å²) >= 11 is 0. The molecule has 0 aliphatic heterocycles. The van der Waals surface area contributed by atoms with Gasteiger partial charge in [0.15, 0.2) is 0 Å². The van der Waals surface area contributed by atoms with Crippen LogP contribution in [0, 0.1) is 23.1 Å². The minimum Gasteiger partial charge on any atom is -0.426 e. The highest BCUT2D eigenvalue weighted by atomic mass is 19.1. The molecule has 182 valence electrons. The smallest absolute Gasteiger partial charge is 0.314 e. The summed E-state index contributed by atoms with van der Waals surface area (Å²) in [5.74, 6) is -0.660. The third kappa shape index (κ3) is 7.94. The number of nitriles is 1. The SMILES string of the molecule is CCCCCCCCCCc1ccc(C2CCC(C(=O)Oc3ccc(C#N)c(F)c3)CC2)nc1. The van der Waals surface area contributed by atoms with Crippen LogP contribution in [0.25, 0.3) is 0 Å². The second kappa shape index (κ2) is 13.8. The Hall–Kier alpha value is -2.74. The summed E-state index contributed by atoms with van der Waals surface area (Å²) in [5, 5.41) is 8.81. The van der Waals surface area contributed by atoms with Crippen molar-refractivity contribution in [1.82, 2.24) is 4.98 Å². The molecule has 1 aliphatic carbocycles. The molecule has 1 aromatic carbocycles. The predicted molar refractivity (Wildman–Crippen MR) is 132 cm³/mol. The molecule has 0 bridgehead atoms. The molecule has 0 atom stereocenters. The summed E-state index contributed by atoms with van der Waals surface area (Å²) < 4.78 is 19.1. The van der Waals surface area contributed by atoms with Crippen molar-refractivity contribution < 1.29 is 13.9 Å². The molecule has 3 rings (SSSR count). The Bertz CT molecular complexity index is 944. The second-order valence-corrected chi connectivity index (χ2v) is 9.54. The van der Waals surface area contributed by atoms with Gasteiger partial charge in [-0.15, -0.1) is 0 Å². The van der Waals surface area contributed by atoms with Gasteiger partial charge in [-0.25, -0.2) is 4.39 Å². The van der Waals surface area contributed by atoms with Gasteiger partial charge in [-0.3, -0.25) is 9.78 Å². The summed E-state index contributed by atoms with van der Waals surface area (Å²) in [6, 6.07) is 10.0. The van der Waals surface area contributed by atoms with Crippen LogP contribution >= 0.6 is 0 Å². The van der Waals surface area contributed by atoms with Crippen molar-refractivity contribution in [3.8, 4) is 11.8 Å². The lowest BCUT2D eigenvalue weighted by atomic mass is 9.80. The zero-order valence-electron chi connectivity index (χ0n) is 20.4. The molecule has 1 saturated carbocycles. The molecule has 0 saturated heterocycles. The normalized spacial score (nSPS) is 17.8. The zero-order chi connectivity index (χ0) is 24.2. The maximum atomic E-state index is 13.7. The highest BCUT2D eigenvalue weighted by molar-refractivity contribution is 5.75. The molecule has 1 fully saturated rings. The van der Waals surface area contributed by atoms with Crippen LogP contribution in [0.15, 0.2) is 36.5 Å². The van der Waals surface area contributed by atoms with Crippen LogP contribution in [0.2, 0.25) is 0 Å². The summed E-state index contributed by atoms with van der Waals surface area (Å²) in [6.07, 6.45) is 17.0. The van der Waals surface area contributed by atoms with Crippen molar-refractivity contribution in [2.45, 2.75) is 96.3 Å². The average Bonchev–Trinajstić information content (AvgIpc) is 2.86. The van der Waals surface area contributed by atoms with Gasteiger partial charge in [0.1, 0.15) is 17.6 Å². The van der Waals surface area contributed by atoms with Crippen molar-refractivity contribution >= 4 is 5.97 Å². The Morgan fingerprint density at radius 1 is 1.03 bits per heavy atom. The fraction of sp³-hybridized carbons (Fsp3) is 0.552. The van der Waals surface area contributed by atoms with Crippen LogP contribution in [0.1, 0.15) is 107 Å². The van der Waals surface area contributed by atoms with Gasteiger partial charge in [-0.05, 0) is 62.3 Å². The highest BCUT2D eigenvalue weighted by Gasteiger charge is 2.29. The number of aryl methyl sites for hydroxylation is 1. The Kier molecular flexibility index (Phi) is 10.5. The first-order chi connectivity index (χ1) is 16.6. The molecule has 0 amide bonds. The largest absolute Gasteiger partial charge is 0.426 e. The van der Waals surface area contributed by atoms with E-state index in [0.717, 1.165) is 43.9 Å². The van der Waals surface area contributed by atoms with Gasteiger partial charge in [-0.2, -0.15) is 5.26 Å².